The first-order valence-electron chi connectivity index (χ1n) is 8.94. The van der Waals surface area contributed by atoms with Crippen molar-refractivity contribution in [2.45, 2.75) is 91.1 Å². The van der Waals surface area contributed by atoms with Gasteiger partial charge in [-0.1, -0.05) is 67.4 Å². The van der Waals surface area contributed by atoms with E-state index in [9.17, 15) is 0 Å². The summed E-state index contributed by atoms with van der Waals surface area (Å²) < 4.78 is 6.31. The molecular weight excluding hydrogens is 268 g/mol. The monoisotopic (exact) mass is 302 g/mol. The second kappa shape index (κ2) is 6.26. The molecule has 2 rings (SSSR count). The smallest absolute Gasteiger partial charge is 0.120 e. The number of rotatable bonds is 5. The molecule has 1 nitrogen and oxygen atoms in total. The second-order valence-corrected chi connectivity index (χ2v) is 9.04. The minimum atomic E-state index is 0.157. The molecule has 0 aromatic heterocycles. The molecule has 1 fully saturated rings. The van der Waals surface area contributed by atoms with E-state index < -0.39 is 0 Å². The van der Waals surface area contributed by atoms with Crippen LogP contribution in [0, 0.1) is 5.92 Å². The van der Waals surface area contributed by atoms with E-state index in [0.29, 0.717) is 6.10 Å². The zero-order valence-electron chi connectivity index (χ0n) is 15.6. The first kappa shape index (κ1) is 17.4. The fourth-order valence-corrected chi connectivity index (χ4v) is 2.84. The fourth-order valence-electron chi connectivity index (χ4n) is 2.84. The Balaban J connectivity index is 2.17. The molecule has 0 N–H and O–H groups in total. The van der Waals surface area contributed by atoms with Gasteiger partial charge in [0.15, 0.2) is 0 Å². The lowest BCUT2D eigenvalue weighted by Gasteiger charge is -2.26. The Morgan fingerprint density at radius 1 is 0.955 bits per heavy atom. The van der Waals surface area contributed by atoms with Crippen LogP contribution >= 0.6 is 0 Å². The van der Waals surface area contributed by atoms with Gasteiger partial charge in [-0.3, -0.25) is 0 Å². The van der Waals surface area contributed by atoms with E-state index in [2.05, 4.69) is 66.7 Å². The van der Waals surface area contributed by atoms with E-state index in [4.69, 9.17) is 4.74 Å². The Morgan fingerprint density at radius 2 is 1.50 bits per heavy atom. The van der Waals surface area contributed by atoms with Crippen LogP contribution in [0.5, 0.6) is 5.75 Å². The normalized spacial score (nSPS) is 21.8. The lowest BCUT2D eigenvalue weighted by Crippen LogP contribution is -2.17. The Labute approximate surface area is 137 Å². The van der Waals surface area contributed by atoms with E-state index in [0.717, 1.165) is 11.7 Å². The fraction of sp³-hybridized carbons (Fsp3) is 0.714. The van der Waals surface area contributed by atoms with Crippen LogP contribution in [0.15, 0.2) is 18.2 Å². The van der Waals surface area contributed by atoms with Gasteiger partial charge < -0.3 is 4.74 Å². The third kappa shape index (κ3) is 4.51. The largest absolute Gasteiger partial charge is 0.490 e. The quantitative estimate of drug-likeness (QED) is 0.625. The van der Waals surface area contributed by atoms with Crippen molar-refractivity contribution in [3.63, 3.8) is 0 Å². The lowest BCUT2D eigenvalue weighted by molar-refractivity contribution is 0.279. The van der Waals surface area contributed by atoms with Crippen molar-refractivity contribution < 1.29 is 4.74 Å². The molecule has 0 bridgehead atoms. The van der Waals surface area contributed by atoms with Gasteiger partial charge in [-0.25, -0.2) is 0 Å². The molecule has 1 saturated carbocycles. The highest BCUT2D eigenvalue weighted by Crippen LogP contribution is 2.40. The Morgan fingerprint density at radius 3 is 1.95 bits per heavy atom. The molecular formula is C21H34O. The summed E-state index contributed by atoms with van der Waals surface area (Å²) in [7, 11) is 0. The van der Waals surface area contributed by atoms with Gasteiger partial charge in [-0.05, 0) is 52.8 Å². The minimum Gasteiger partial charge on any atom is -0.490 e. The van der Waals surface area contributed by atoms with Crippen molar-refractivity contribution in [3.05, 3.63) is 29.3 Å². The molecule has 1 aliphatic rings. The summed E-state index contributed by atoms with van der Waals surface area (Å²) in [6.07, 6.45) is 5.64. The van der Waals surface area contributed by atoms with Crippen molar-refractivity contribution >= 4 is 0 Å². The van der Waals surface area contributed by atoms with E-state index in [-0.39, 0.29) is 10.8 Å². The van der Waals surface area contributed by atoms with E-state index in [1.54, 1.807) is 0 Å². The molecule has 1 aliphatic carbocycles. The maximum atomic E-state index is 6.31. The van der Waals surface area contributed by atoms with Gasteiger partial charge in [0.1, 0.15) is 11.9 Å². The molecule has 0 saturated heterocycles. The van der Waals surface area contributed by atoms with Crippen LogP contribution in [0.25, 0.3) is 0 Å². The van der Waals surface area contributed by atoms with E-state index in [1.165, 1.54) is 36.8 Å². The highest BCUT2D eigenvalue weighted by molar-refractivity contribution is 5.40. The summed E-state index contributed by atoms with van der Waals surface area (Å²) in [5, 5.41) is 0. The molecule has 0 heterocycles. The van der Waals surface area contributed by atoms with Crippen molar-refractivity contribution in [1.82, 2.24) is 0 Å². The Bertz CT molecular complexity index is 469. The van der Waals surface area contributed by atoms with Crippen LogP contribution in [0.4, 0.5) is 0 Å². The maximum Gasteiger partial charge on any atom is 0.120 e. The molecule has 2 atom stereocenters. The van der Waals surface area contributed by atoms with E-state index >= 15 is 0 Å². The predicted molar refractivity (Wildman–Crippen MR) is 95.9 cm³/mol. The predicted octanol–water partition coefficient (Wildman–Crippen LogP) is 6.24. The highest BCUT2D eigenvalue weighted by atomic mass is 16.5. The number of ether oxygens (including phenoxy) is 1. The van der Waals surface area contributed by atoms with Gasteiger partial charge >= 0.3 is 0 Å². The summed E-state index contributed by atoms with van der Waals surface area (Å²) >= 11 is 0. The maximum absolute atomic E-state index is 6.31. The summed E-state index contributed by atoms with van der Waals surface area (Å²) in [5.74, 6) is 1.86. The SMILES string of the molecule is CCCC[C@@H]1C[C@H]1Oc1cc(C(C)(C)C)cc(C(C)(C)C)c1. The average molecular weight is 303 g/mol. The molecule has 1 heteroatoms. The van der Waals surface area contributed by atoms with Crippen LogP contribution in [-0.2, 0) is 10.8 Å². The number of benzene rings is 1. The molecule has 0 aliphatic heterocycles. The van der Waals surface area contributed by atoms with Crippen LogP contribution < -0.4 is 4.74 Å². The lowest BCUT2D eigenvalue weighted by atomic mass is 9.80. The summed E-state index contributed by atoms with van der Waals surface area (Å²) in [6.45, 7) is 15.9. The van der Waals surface area contributed by atoms with Crippen LogP contribution in [0.3, 0.4) is 0 Å². The minimum absolute atomic E-state index is 0.157. The standard InChI is InChI=1S/C21H34O/c1-8-9-10-15-11-19(15)22-18-13-16(20(2,3)4)12-17(14-18)21(5,6)7/h12-15,19H,8-11H2,1-7H3/t15-,19-/m1/s1. The van der Waals surface area contributed by atoms with Crippen LogP contribution in [0.1, 0.15) is 85.3 Å². The summed E-state index contributed by atoms with van der Waals surface area (Å²) in [6, 6.07) is 6.86. The first-order valence-corrected chi connectivity index (χ1v) is 8.94. The Hall–Kier alpha value is -0.980. The first-order chi connectivity index (χ1) is 10.1. The molecule has 22 heavy (non-hydrogen) atoms. The Kier molecular flexibility index (Phi) is 4.94. The molecule has 1 aromatic rings. The zero-order chi connectivity index (χ0) is 16.5. The van der Waals surface area contributed by atoms with Crippen molar-refractivity contribution in [2.24, 2.45) is 5.92 Å². The van der Waals surface area contributed by atoms with Gasteiger partial charge in [0, 0.05) is 0 Å². The molecule has 0 unspecified atom stereocenters. The van der Waals surface area contributed by atoms with Crippen molar-refractivity contribution in [1.29, 1.82) is 0 Å². The van der Waals surface area contributed by atoms with E-state index in [1.807, 2.05) is 0 Å². The third-order valence-corrected chi connectivity index (χ3v) is 4.71. The van der Waals surface area contributed by atoms with Crippen LogP contribution in [-0.4, -0.2) is 6.10 Å². The average Bonchev–Trinajstić information content (AvgIpc) is 3.12. The zero-order valence-corrected chi connectivity index (χ0v) is 15.6. The van der Waals surface area contributed by atoms with Gasteiger partial charge in [-0.15, -0.1) is 0 Å². The second-order valence-electron chi connectivity index (χ2n) is 9.04. The van der Waals surface area contributed by atoms with Gasteiger partial charge in [0.05, 0.1) is 0 Å². The van der Waals surface area contributed by atoms with Crippen molar-refractivity contribution in [3.8, 4) is 5.75 Å². The number of unbranched alkanes of at least 4 members (excludes halogenated alkanes) is 1. The number of hydrogen-bond acceptors (Lipinski definition) is 1. The summed E-state index contributed by atoms with van der Waals surface area (Å²) in [5.41, 5.74) is 3.07. The highest BCUT2D eigenvalue weighted by Gasteiger charge is 2.38. The molecule has 1 aromatic carbocycles. The van der Waals surface area contributed by atoms with Crippen molar-refractivity contribution in [2.75, 3.05) is 0 Å². The van der Waals surface area contributed by atoms with Gasteiger partial charge in [0.2, 0.25) is 0 Å². The third-order valence-electron chi connectivity index (χ3n) is 4.71. The molecule has 0 amide bonds. The summed E-state index contributed by atoms with van der Waals surface area (Å²) in [4.78, 5) is 0. The molecule has 0 spiro atoms. The molecule has 124 valence electrons. The van der Waals surface area contributed by atoms with Gasteiger partial charge in [-0.2, -0.15) is 0 Å². The number of hydrogen-bond donors (Lipinski definition) is 0. The molecule has 0 radical (unpaired) electrons. The van der Waals surface area contributed by atoms with Gasteiger partial charge in [0.25, 0.3) is 0 Å². The van der Waals surface area contributed by atoms with Crippen LogP contribution in [0.2, 0.25) is 0 Å². The topological polar surface area (TPSA) is 9.23 Å².